The van der Waals surface area contributed by atoms with Crippen LogP contribution in [0.1, 0.15) is 0 Å². The molecule has 0 aromatic carbocycles. The molecule has 1 rings (SSSR count). The summed E-state index contributed by atoms with van der Waals surface area (Å²) in [6, 6.07) is 0. The van der Waals surface area contributed by atoms with Gasteiger partial charge in [0.2, 0.25) is 5.95 Å². The maximum absolute atomic E-state index is 6.59. The average Bonchev–Trinajstić information content (AvgIpc) is 2.34. The lowest BCUT2D eigenvalue weighted by Gasteiger charge is -1.76. The molecule has 46 valence electrons. The molecule has 1 heterocycles. The van der Waals surface area contributed by atoms with Crippen molar-refractivity contribution in [3.8, 4) is 0 Å². The van der Waals surface area contributed by atoms with Gasteiger partial charge < -0.3 is 10.4 Å². The van der Waals surface area contributed by atoms with E-state index < -0.39 is 0 Å². The van der Waals surface area contributed by atoms with Crippen LogP contribution in [-0.2, 0) is 0 Å². The number of aliphatic imine (C=N–C) groups is 1. The van der Waals surface area contributed by atoms with Crippen molar-refractivity contribution < 1.29 is 0 Å². The molecular weight excluding hydrogens is 116 g/mol. The third kappa shape index (κ3) is 1.49. The first-order valence-electron chi connectivity index (χ1n) is 2.46. The molecule has 0 aliphatic carbocycles. The fourth-order valence-corrected chi connectivity index (χ4v) is 0.435. The van der Waals surface area contributed by atoms with Gasteiger partial charge in [0.1, 0.15) is 0 Å². The van der Waals surface area contributed by atoms with Crippen molar-refractivity contribution in [3.05, 3.63) is 12.4 Å². The fraction of sp³-hybridized carbons (Fsp3) is 0. The van der Waals surface area contributed by atoms with Crippen molar-refractivity contribution in [3.63, 3.8) is 0 Å². The maximum atomic E-state index is 6.59. The Labute approximate surface area is 52.2 Å². The molecule has 4 nitrogen and oxygen atoms in total. The number of nitrogens with one attached hydrogen (secondary N) is 2. The van der Waals surface area contributed by atoms with E-state index in [1.165, 1.54) is 6.21 Å². The Morgan fingerprint density at radius 1 is 1.78 bits per heavy atom. The van der Waals surface area contributed by atoms with E-state index in [1.807, 2.05) is 0 Å². The Balaban J connectivity index is 2.67. The molecule has 1 aromatic heterocycles. The number of rotatable bonds is 2. The first kappa shape index (κ1) is 5.68. The Hall–Kier alpha value is -1.45. The maximum Gasteiger partial charge on any atom is 0.226 e. The summed E-state index contributed by atoms with van der Waals surface area (Å²) in [4.78, 5) is 10.3. The van der Waals surface area contributed by atoms with E-state index in [4.69, 9.17) is 5.41 Å². The SMILES string of the molecule is N=C/C=N\c1ncc[nH]1. The van der Waals surface area contributed by atoms with Crippen LogP contribution in [0, 0.1) is 5.41 Å². The first-order valence-corrected chi connectivity index (χ1v) is 2.46. The molecule has 0 atom stereocenters. The molecule has 0 aliphatic rings. The number of hydrogen-bond donors (Lipinski definition) is 2. The van der Waals surface area contributed by atoms with Crippen molar-refractivity contribution in [2.45, 2.75) is 0 Å². The third-order valence-corrected chi connectivity index (χ3v) is 0.755. The van der Waals surface area contributed by atoms with Crippen LogP contribution in [0.5, 0.6) is 0 Å². The standard InChI is InChI=1S/C5H6N4/c6-1-2-7-5-8-3-4-9-5/h1-4,6H,(H,8,9)/b6-1?,7-2-. The summed E-state index contributed by atoms with van der Waals surface area (Å²) in [5.74, 6) is 0.526. The number of imidazole rings is 1. The molecule has 0 unspecified atom stereocenters. The lowest BCUT2D eigenvalue weighted by molar-refractivity contribution is 1.25. The van der Waals surface area contributed by atoms with Gasteiger partial charge in [-0.05, 0) is 0 Å². The van der Waals surface area contributed by atoms with Crippen LogP contribution in [0.25, 0.3) is 0 Å². The largest absolute Gasteiger partial charge is 0.329 e. The van der Waals surface area contributed by atoms with Crippen molar-refractivity contribution >= 4 is 18.4 Å². The van der Waals surface area contributed by atoms with Crippen molar-refractivity contribution in [1.82, 2.24) is 9.97 Å². The molecule has 0 amide bonds. The zero-order valence-corrected chi connectivity index (χ0v) is 4.70. The number of nitrogens with zero attached hydrogens (tertiary/aromatic N) is 2. The van der Waals surface area contributed by atoms with Crippen LogP contribution in [-0.4, -0.2) is 22.4 Å². The summed E-state index contributed by atoms with van der Waals surface area (Å²) < 4.78 is 0. The molecule has 9 heavy (non-hydrogen) atoms. The Kier molecular flexibility index (Phi) is 1.74. The lowest BCUT2D eigenvalue weighted by Crippen LogP contribution is -1.71. The van der Waals surface area contributed by atoms with Gasteiger partial charge in [0.25, 0.3) is 0 Å². The smallest absolute Gasteiger partial charge is 0.226 e. The highest BCUT2D eigenvalue weighted by molar-refractivity contribution is 6.15. The zero-order valence-electron chi connectivity index (χ0n) is 4.70. The predicted octanol–water partition coefficient (Wildman–Crippen LogP) is 0.762. The van der Waals surface area contributed by atoms with E-state index in [0.29, 0.717) is 5.95 Å². The highest BCUT2D eigenvalue weighted by Gasteiger charge is 1.82. The van der Waals surface area contributed by atoms with Gasteiger partial charge in [-0.15, -0.1) is 0 Å². The van der Waals surface area contributed by atoms with E-state index in [-0.39, 0.29) is 0 Å². The van der Waals surface area contributed by atoms with Gasteiger partial charge in [0, 0.05) is 24.8 Å². The molecule has 1 aromatic rings. The molecular formula is C5H6N4. The van der Waals surface area contributed by atoms with Gasteiger partial charge in [-0.2, -0.15) is 0 Å². The van der Waals surface area contributed by atoms with Crippen molar-refractivity contribution in [2.24, 2.45) is 4.99 Å². The summed E-state index contributed by atoms with van der Waals surface area (Å²) in [6.45, 7) is 0. The van der Waals surface area contributed by atoms with Crippen LogP contribution in [0.4, 0.5) is 5.95 Å². The van der Waals surface area contributed by atoms with Gasteiger partial charge in [-0.25, -0.2) is 9.98 Å². The average molecular weight is 122 g/mol. The van der Waals surface area contributed by atoms with Crippen LogP contribution in [0.2, 0.25) is 0 Å². The van der Waals surface area contributed by atoms with Gasteiger partial charge in [0.05, 0.1) is 0 Å². The second kappa shape index (κ2) is 2.76. The van der Waals surface area contributed by atoms with E-state index in [0.717, 1.165) is 6.21 Å². The van der Waals surface area contributed by atoms with Crippen molar-refractivity contribution in [2.75, 3.05) is 0 Å². The minimum atomic E-state index is 0.526. The first-order chi connectivity index (χ1) is 4.43. The second-order valence-electron chi connectivity index (χ2n) is 1.36. The van der Waals surface area contributed by atoms with E-state index >= 15 is 0 Å². The summed E-state index contributed by atoms with van der Waals surface area (Å²) >= 11 is 0. The number of aromatic nitrogens is 2. The topological polar surface area (TPSA) is 64.9 Å². The minimum Gasteiger partial charge on any atom is -0.329 e. The number of aromatic amines is 1. The fourth-order valence-electron chi connectivity index (χ4n) is 0.435. The lowest BCUT2D eigenvalue weighted by atomic mass is 10.8. The third-order valence-electron chi connectivity index (χ3n) is 0.755. The van der Waals surface area contributed by atoms with E-state index in [9.17, 15) is 0 Å². The second-order valence-corrected chi connectivity index (χ2v) is 1.36. The normalized spacial score (nSPS) is 10.2. The summed E-state index contributed by atoms with van der Waals surface area (Å²) in [5, 5.41) is 6.59. The number of H-pyrrole nitrogens is 1. The van der Waals surface area contributed by atoms with Crippen LogP contribution < -0.4 is 0 Å². The summed E-state index contributed by atoms with van der Waals surface area (Å²) in [7, 11) is 0. The van der Waals surface area contributed by atoms with Crippen molar-refractivity contribution in [1.29, 1.82) is 5.41 Å². The monoisotopic (exact) mass is 122 g/mol. The van der Waals surface area contributed by atoms with Gasteiger partial charge in [-0.1, -0.05) is 0 Å². The Morgan fingerprint density at radius 3 is 3.22 bits per heavy atom. The van der Waals surface area contributed by atoms with Crippen LogP contribution >= 0.6 is 0 Å². The molecule has 0 aliphatic heterocycles. The van der Waals surface area contributed by atoms with Gasteiger partial charge in [0.15, 0.2) is 0 Å². The zero-order chi connectivity index (χ0) is 6.53. The molecule has 0 fully saturated rings. The molecule has 0 saturated heterocycles. The summed E-state index contributed by atoms with van der Waals surface area (Å²) in [5.41, 5.74) is 0. The highest BCUT2D eigenvalue weighted by atomic mass is 15.0. The van der Waals surface area contributed by atoms with E-state index in [2.05, 4.69) is 15.0 Å². The Bertz CT molecular complexity index is 199. The van der Waals surface area contributed by atoms with Gasteiger partial charge in [-0.3, -0.25) is 0 Å². The predicted molar refractivity (Wildman–Crippen MR) is 35.5 cm³/mol. The van der Waals surface area contributed by atoms with Gasteiger partial charge >= 0.3 is 0 Å². The van der Waals surface area contributed by atoms with Crippen LogP contribution in [0.15, 0.2) is 17.4 Å². The molecule has 2 N–H and O–H groups in total. The molecule has 4 heteroatoms. The summed E-state index contributed by atoms with van der Waals surface area (Å²) in [6.07, 6.45) is 5.74. The molecule has 0 radical (unpaired) electrons. The quantitative estimate of drug-likeness (QED) is 0.559. The minimum absolute atomic E-state index is 0.526. The molecule has 0 saturated carbocycles. The molecule has 0 spiro atoms. The molecule has 0 bridgehead atoms. The number of hydrogen-bond acceptors (Lipinski definition) is 3. The Morgan fingerprint density at radius 2 is 2.67 bits per heavy atom. The van der Waals surface area contributed by atoms with Crippen LogP contribution in [0.3, 0.4) is 0 Å². The van der Waals surface area contributed by atoms with E-state index in [1.54, 1.807) is 12.4 Å². The highest BCUT2D eigenvalue weighted by Crippen LogP contribution is 1.97.